The Hall–Kier alpha value is -1.87. The Kier molecular flexibility index (Phi) is 5.73. The summed E-state index contributed by atoms with van der Waals surface area (Å²) < 4.78 is 74.5. The average Bonchev–Trinajstić information content (AvgIpc) is 2.69. The van der Waals surface area contributed by atoms with Gasteiger partial charge in [0.25, 0.3) is 10.1 Å². The maximum absolute atomic E-state index is 12.8. The van der Waals surface area contributed by atoms with Gasteiger partial charge in [-0.3, -0.25) is 4.18 Å². The van der Waals surface area contributed by atoms with Crippen molar-refractivity contribution >= 4 is 16.1 Å². The molecule has 0 N–H and O–H groups in total. The zero-order valence-electron chi connectivity index (χ0n) is 17.9. The van der Waals surface area contributed by atoms with Gasteiger partial charge in [0.05, 0.1) is 18.1 Å². The van der Waals surface area contributed by atoms with Crippen LogP contribution in [0.4, 0.5) is 13.2 Å². The number of ether oxygens (including phenoxy) is 1. The van der Waals surface area contributed by atoms with Gasteiger partial charge in [0, 0.05) is 5.41 Å². The summed E-state index contributed by atoms with van der Waals surface area (Å²) in [5.74, 6) is -0.795. The Morgan fingerprint density at radius 2 is 1.66 bits per heavy atom. The van der Waals surface area contributed by atoms with E-state index in [1.54, 1.807) is 25.1 Å². The largest absolute Gasteiger partial charge is 0.462 e. The van der Waals surface area contributed by atoms with Crippen LogP contribution in [0.1, 0.15) is 44.1 Å². The number of aryl methyl sites for hydroxylation is 1. The van der Waals surface area contributed by atoms with Crippen LogP contribution in [0.5, 0.6) is 0 Å². The molecule has 4 fully saturated rings. The molecule has 0 heterocycles. The second kappa shape index (κ2) is 7.87. The fourth-order valence-electron chi connectivity index (χ4n) is 6.51. The van der Waals surface area contributed by atoms with E-state index in [1.165, 1.54) is 6.07 Å². The van der Waals surface area contributed by atoms with Gasteiger partial charge in [-0.15, -0.1) is 0 Å². The van der Waals surface area contributed by atoms with Crippen molar-refractivity contribution in [2.45, 2.75) is 56.5 Å². The Balaban J connectivity index is 1.47. The summed E-state index contributed by atoms with van der Waals surface area (Å²) in [6, 6.07) is 6.62. The van der Waals surface area contributed by atoms with E-state index in [2.05, 4.69) is 6.58 Å². The highest BCUT2D eigenvalue weighted by Crippen LogP contribution is 2.65. The SMILES string of the molecule is C=C(C(=O)OCC12CC3CC(C1)CC(COS(=O)(=O)c1ccccc1C)(C3)C2)C(F)(F)F. The summed E-state index contributed by atoms with van der Waals surface area (Å²) in [6.07, 6.45) is -0.0739. The molecule has 0 spiro atoms. The number of halogens is 3. The highest BCUT2D eigenvalue weighted by Gasteiger charge is 2.58. The second-order valence-electron chi connectivity index (χ2n) is 10.00. The van der Waals surface area contributed by atoms with Crippen LogP contribution in [0.2, 0.25) is 0 Å². The van der Waals surface area contributed by atoms with E-state index >= 15 is 0 Å². The molecule has 2 unspecified atom stereocenters. The molecule has 4 saturated carbocycles. The lowest BCUT2D eigenvalue weighted by atomic mass is 9.44. The predicted molar refractivity (Wildman–Crippen MR) is 110 cm³/mol. The number of hydrogen-bond acceptors (Lipinski definition) is 5. The first-order chi connectivity index (χ1) is 14.8. The highest BCUT2D eigenvalue weighted by molar-refractivity contribution is 7.86. The smallest absolute Gasteiger partial charge is 0.422 e. The van der Waals surface area contributed by atoms with Crippen LogP contribution in [0.15, 0.2) is 41.3 Å². The molecular formula is C23H27F3O5S. The number of esters is 1. The molecule has 0 amide bonds. The first kappa shape index (κ1) is 23.3. The fourth-order valence-corrected chi connectivity index (χ4v) is 7.75. The van der Waals surface area contributed by atoms with E-state index in [9.17, 15) is 26.4 Å². The van der Waals surface area contributed by atoms with Crippen molar-refractivity contribution in [1.29, 1.82) is 0 Å². The molecule has 176 valence electrons. The summed E-state index contributed by atoms with van der Waals surface area (Å²) in [6.45, 7) is 4.44. The standard InChI is InChI=1S/C23H27F3O5S/c1-15-5-3-4-6-19(15)32(28,29)31-14-22-10-17-7-18(11-22)9-21(8-17,12-22)13-30-20(27)16(2)23(24,25)26/h3-6,17-18H,2,7-14H2,1H3. The lowest BCUT2D eigenvalue weighted by Crippen LogP contribution is -2.55. The lowest BCUT2D eigenvalue weighted by Gasteiger charge is -2.61. The predicted octanol–water partition coefficient (Wildman–Crippen LogP) is 4.95. The summed E-state index contributed by atoms with van der Waals surface area (Å²) >= 11 is 0. The molecule has 4 aliphatic carbocycles. The van der Waals surface area contributed by atoms with Crippen molar-refractivity contribution in [1.82, 2.24) is 0 Å². The molecule has 1 aromatic carbocycles. The molecule has 0 saturated heterocycles. The van der Waals surface area contributed by atoms with E-state index in [1.807, 2.05) is 0 Å². The first-order valence-electron chi connectivity index (χ1n) is 10.7. The minimum absolute atomic E-state index is 0.0294. The van der Waals surface area contributed by atoms with Gasteiger partial charge in [-0.2, -0.15) is 21.6 Å². The van der Waals surface area contributed by atoms with Crippen LogP contribution in [-0.2, 0) is 23.8 Å². The molecule has 0 aliphatic heterocycles. The molecule has 9 heteroatoms. The number of hydrogen-bond donors (Lipinski definition) is 0. The van der Waals surface area contributed by atoms with Crippen molar-refractivity contribution in [3.8, 4) is 0 Å². The number of alkyl halides is 3. The third-order valence-electron chi connectivity index (χ3n) is 7.28. The van der Waals surface area contributed by atoms with Gasteiger partial charge in [0.1, 0.15) is 5.57 Å². The zero-order valence-corrected chi connectivity index (χ0v) is 18.7. The quantitative estimate of drug-likeness (QED) is 0.319. The summed E-state index contributed by atoms with van der Waals surface area (Å²) in [4.78, 5) is 12.0. The number of carbonyl (C=O) groups excluding carboxylic acids is 1. The minimum atomic E-state index is -4.82. The minimum Gasteiger partial charge on any atom is -0.462 e. The molecule has 2 atom stereocenters. The van der Waals surface area contributed by atoms with Crippen molar-refractivity contribution in [3.05, 3.63) is 42.0 Å². The van der Waals surface area contributed by atoms with E-state index < -0.39 is 33.3 Å². The van der Waals surface area contributed by atoms with Crippen molar-refractivity contribution < 1.29 is 35.3 Å². The Bertz CT molecular complexity index is 1020. The first-order valence-corrected chi connectivity index (χ1v) is 12.1. The van der Waals surface area contributed by atoms with E-state index in [-0.39, 0.29) is 23.5 Å². The Morgan fingerprint density at radius 3 is 2.22 bits per heavy atom. The van der Waals surface area contributed by atoms with Gasteiger partial charge >= 0.3 is 12.1 Å². The maximum atomic E-state index is 12.8. The van der Waals surface area contributed by atoms with Gasteiger partial charge in [0.15, 0.2) is 0 Å². The van der Waals surface area contributed by atoms with Gasteiger partial charge in [0.2, 0.25) is 0 Å². The molecule has 4 bridgehead atoms. The van der Waals surface area contributed by atoms with Gasteiger partial charge in [-0.05, 0) is 74.3 Å². The van der Waals surface area contributed by atoms with Gasteiger partial charge < -0.3 is 4.74 Å². The zero-order chi connectivity index (χ0) is 23.4. The normalized spacial score (nSPS) is 31.5. The second-order valence-corrected chi connectivity index (χ2v) is 11.6. The van der Waals surface area contributed by atoms with E-state index in [0.717, 1.165) is 32.1 Å². The van der Waals surface area contributed by atoms with Crippen LogP contribution in [0.3, 0.4) is 0 Å². The van der Waals surface area contributed by atoms with Gasteiger partial charge in [-0.25, -0.2) is 4.79 Å². The van der Waals surface area contributed by atoms with Crippen LogP contribution < -0.4 is 0 Å². The number of benzene rings is 1. The van der Waals surface area contributed by atoms with Crippen LogP contribution >= 0.6 is 0 Å². The van der Waals surface area contributed by atoms with Crippen molar-refractivity contribution in [2.24, 2.45) is 22.7 Å². The molecule has 5 rings (SSSR count). The molecular weight excluding hydrogens is 445 g/mol. The monoisotopic (exact) mass is 472 g/mol. The Morgan fingerprint density at radius 1 is 1.09 bits per heavy atom. The highest BCUT2D eigenvalue weighted by atomic mass is 32.2. The summed E-state index contributed by atoms with van der Waals surface area (Å²) in [5, 5.41) is 0. The average molecular weight is 473 g/mol. The van der Waals surface area contributed by atoms with Crippen LogP contribution in [0.25, 0.3) is 0 Å². The molecule has 0 aromatic heterocycles. The molecule has 4 aliphatic rings. The van der Waals surface area contributed by atoms with E-state index in [0.29, 0.717) is 23.8 Å². The summed E-state index contributed by atoms with van der Waals surface area (Å²) in [5.41, 5.74) is -1.73. The number of rotatable bonds is 7. The Labute approximate surface area is 186 Å². The van der Waals surface area contributed by atoms with E-state index in [4.69, 9.17) is 8.92 Å². The van der Waals surface area contributed by atoms with Crippen LogP contribution in [0, 0.1) is 29.6 Å². The van der Waals surface area contributed by atoms with Crippen molar-refractivity contribution in [3.63, 3.8) is 0 Å². The third kappa shape index (κ3) is 4.46. The van der Waals surface area contributed by atoms with Gasteiger partial charge in [-0.1, -0.05) is 24.8 Å². The topological polar surface area (TPSA) is 69.7 Å². The third-order valence-corrected chi connectivity index (χ3v) is 8.71. The molecule has 1 aromatic rings. The fraction of sp³-hybridized carbons (Fsp3) is 0.609. The summed E-state index contributed by atoms with van der Waals surface area (Å²) in [7, 11) is -3.93. The van der Waals surface area contributed by atoms with Crippen molar-refractivity contribution in [2.75, 3.05) is 13.2 Å². The molecule has 32 heavy (non-hydrogen) atoms. The lowest BCUT2D eigenvalue weighted by molar-refractivity contribution is -0.171. The number of carbonyl (C=O) groups is 1. The maximum Gasteiger partial charge on any atom is 0.422 e. The van der Waals surface area contributed by atoms with Crippen LogP contribution in [-0.4, -0.2) is 33.8 Å². The molecule has 5 nitrogen and oxygen atoms in total. The molecule has 0 radical (unpaired) electrons.